The Kier molecular flexibility index (Phi) is 5.43. The molecule has 0 saturated carbocycles. The highest BCUT2D eigenvalue weighted by atomic mass is 19.1. The Morgan fingerprint density at radius 2 is 1.66 bits per heavy atom. The number of fused-ring (bicyclic) bond motifs is 1. The molecule has 0 unspecified atom stereocenters. The third kappa shape index (κ3) is 4.21. The molecule has 0 amide bonds. The third-order valence-corrected chi connectivity index (χ3v) is 4.84. The first-order chi connectivity index (χ1) is 14.0. The van der Waals surface area contributed by atoms with Crippen LogP contribution < -0.4 is 4.74 Å². The largest absolute Gasteiger partial charge is 0.487 e. The Balaban J connectivity index is 1.37. The summed E-state index contributed by atoms with van der Waals surface area (Å²) in [5, 5.41) is 11.0. The lowest BCUT2D eigenvalue weighted by atomic mass is 10.0. The molecular weight excluding hydrogens is 376 g/mol. The van der Waals surface area contributed by atoms with Crippen molar-refractivity contribution in [3.05, 3.63) is 76.9 Å². The molecule has 6 heteroatoms. The van der Waals surface area contributed by atoms with Crippen molar-refractivity contribution in [3.8, 4) is 11.8 Å². The van der Waals surface area contributed by atoms with Crippen LogP contribution in [0.5, 0.6) is 5.75 Å². The lowest BCUT2D eigenvalue weighted by Crippen LogP contribution is -2.31. The molecule has 1 fully saturated rings. The van der Waals surface area contributed by atoms with E-state index in [9.17, 15) is 8.78 Å². The maximum atomic E-state index is 13.9. The van der Waals surface area contributed by atoms with Crippen LogP contribution in [0.2, 0.25) is 0 Å². The molecule has 0 aliphatic carbocycles. The van der Waals surface area contributed by atoms with Gasteiger partial charge in [0, 0.05) is 11.5 Å². The van der Waals surface area contributed by atoms with Crippen molar-refractivity contribution in [1.29, 1.82) is 5.26 Å². The van der Waals surface area contributed by atoms with Crippen LogP contribution >= 0.6 is 0 Å². The van der Waals surface area contributed by atoms with E-state index in [1.54, 1.807) is 13.0 Å². The van der Waals surface area contributed by atoms with Crippen LogP contribution in [0.4, 0.5) is 8.78 Å². The normalized spacial score (nSPS) is 19.1. The molecule has 0 spiro atoms. The molecule has 0 atom stereocenters. The average Bonchev–Trinajstić information content (AvgIpc) is 2.72. The Labute approximate surface area is 167 Å². The van der Waals surface area contributed by atoms with Gasteiger partial charge in [-0.15, -0.1) is 0 Å². The van der Waals surface area contributed by atoms with Gasteiger partial charge in [-0.25, -0.2) is 8.78 Å². The molecular formula is C23H19F2NO3. The fraction of sp³-hybridized carbons (Fsp3) is 0.261. The Bertz CT molecular complexity index is 1060. The van der Waals surface area contributed by atoms with E-state index in [0.717, 1.165) is 16.3 Å². The standard InChI is InChI=1S/C23H19F2NO3/c1-14-6-20(24)22(21(25)7-14)27-11-16-12-28-23(29-13-16)19-5-4-17-8-15(10-26)2-3-18(17)9-19/h2-9,16,23H,11-13H2,1H3. The number of hydrogen-bond donors (Lipinski definition) is 0. The predicted molar refractivity (Wildman–Crippen MR) is 103 cm³/mol. The summed E-state index contributed by atoms with van der Waals surface area (Å²) in [6, 6.07) is 15.9. The Hall–Kier alpha value is -3.01. The van der Waals surface area contributed by atoms with Gasteiger partial charge in [-0.2, -0.15) is 5.26 Å². The molecule has 1 saturated heterocycles. The van der Waals surface area contributed by atoms with E-state index >= 15 is 0 Å². The van der Waals surface area contributed by atoms with Crippen LogP contribution in [-0.4, -0.2) is 19.8 Å². The van der Waals surface area contributed by atoms with Gasteiger partial charge >= 0.3 is 0 Å². The first-order valence-electron chi connectivity index (χ1n) is 9.29. The second-order valence-electron chi connectivity index (χ2n) is 7.17. The molecule has 0 bridgehead atoms. The molecule has 4 nitrogen and oxygen atoms in total. The molecule has 29 heavy (non-hydrogen) atoms. The first-order valence-corrected chi connectivity index (χ1v) is 9.29. The summed E-state index contributed by atoms with van der Waals surface area (Å²) < 4.78 is 44.7. The Morgan fingerprint density at radius 3 is 2.34 bits per heavy atom. The van der Waals surface area contributed by atoms with Crippen LogP contribution in [0.1, 0.15) is 23.0 Å². The van der Waals surface area contributed by atoms with Gasteiger partial charge in [0.15, 0.2) is 23.7 Å². The number of halogens is 2. The topological polar surface area (TPSA) is 51.5 Å². The van der Waals surface area contributed by atoms with Crippen molar-refractivity contribution < 1.29 is 23.0 Å². The second kappa shape index (κ2) is 8.16. The highest BCUT2D eigenvalue weighted by Gasteiger charge is 2.25. The summed E-state index contributed by atoms with van der Waals surface area (Å²) >= 11 is 0. The molecule has 4 rings (SSSR count). The SMILES string of the molecule is Cc1cc(F)c(OCC2COC(c3ccc4cc(C#N)ccc4c3)OC2)c(F)c1. The van der Waals surface area contributed by atoms with Crippen molar-refractivity contribution in [1.82, 2.24) is 0 Å². The lowest BCUT2D eigenvalue weighted by Gasteiger charge is -2.29. The minimum absolute atomic E-state index is 0.0955. The molecule has 0 aromatic heterocycles. The van der Waals surface area contributed by atoms with Gasteiger partial charge < -0.3 is 14.2 Å². The summed E-state index contributed by atoms with van der Waals surface area (Å²) in [5.74, 6) is -1.93. The van der Waals surface area contributed by atoms with E-state index < -0.39 is 17.9 Å². The van der Waals surface area contributed by atoms with E-state index in [-0.39, 0.29) is 18.3 Å². The number of rotatable bonds is 4. The molecule has 3 aromatic rings. The molecule has 148 valence electrons. The number of benzene rings is 3. The zero-order valence-corrected chi connectivity index (χ0v) is 15.8. The zero-order valence-electron chi connectivity index (χ0n) is 15.8. The van der Waals surface area contributed by atoms with Gasteiger partial charge in [0.1, 0.15) is 0 Å². The second-order valence-corrected chi connectivity index (χ2v) is 7.17. The Morgan fingerprint density at radius 1 is 1.00 bits per heavy atom. The fourth-order valence-electron chi connectivity index (χ4n) is 3.34. The molecule has 0 N–H and O–H groups in total. The number of hydrogen-bond acceptors (Lipinski definition) is 4. The summed E-state index contributed by atoms with van der Waals surface area (Å²) in [4.78, 5) is 0. The molecule has 1 aliphatic heterocycles. The van der Waals surface area contributed by atoms with Crippen LogP contribution in [0, 0.1) is 35.8 Å². The van der Waals surface area contributed by atoms with Crippen molar-refractivity contribution >= 4 is 10.8 Å². The van der Waals surface area contributed by atoms with Crippen LogP contribution in [0.15, 0.2) is 48.5 Å². The molecule has 1 heterocycles. The maximum absolute atomic E-state index is 13.9. The van der Waals surface area contributed by atoms with Crippen molar-refractivity contribution in [2.24, 2.45) is 5.92 Å². The van der Waals surface area contributed by atoms with Crippen molar-refractivity contribution in [3.63, 3.8) is 0 Å². The molecule has 1 aliphatic rings. The average molecular weight is 395 g/mol. The number of nitrogens with zero attached hydrogens (tertiary/aromatic N) is 1. The first kappa shape index (κ1) is 19.3. The summed E-state index contributed by atoms with van der Waals surface area (Å²) in [6.07, 6.45) is -0.515. The van der Waals surface area contributed by atoms with Crippen molar-refractivity contribution in [2.75, 3.05) is 19.8 Å². The highest BCUT2D eigenvalue weighted by Crippen LogP contribution is 2.29. The van der Waals surface area contributed by atoms with E-state index in [0.29, 0.717) is 24.3 Å². The van der Waals surface area contributed by atoms with E-state index in [1.807, 2.05) is 30.3 Å². The lowest BCUT2D eigenvalue weighted by molar-refractivity contribution is -0.208. The van der Waals surface area contributed by atoms with Gasteiger partial charge in [-0.05, 0) is 53.6 Å². The monoisotopic (exact) mass is 395 g/mol. The zero-order chi connectivity index (χ0) is 20.4. The van der Waals surface area contributed by atoms with Gasteiger partial charge in [-0.3, -0.25) is 0 Å². The minimum atomic E-state index is -0.714. The van der Waals surface area contributed by atoms with Gasteiger partial charge in [0.2, 0.25) is 0 Å². The smallest absolute Gasteiger partial charge is 0.190 e. The van der Waals surface area contributed by atoms with Crippen LogP contribution in [0.3, 0.4) is 0 Å². The summed E-state index contributed by atoms with van der Waals surface area (Å²) in [6.45, 7) is 2.42. The summed E-state index contributed by atoms with van der Waals surface area (Å²) in [5.41, 5.74) is 1.98. The predicted octanol–water partition coefficient (Wildman–Crippen LogP) is 5.04. The van der Waals surface area contributed by atoms with Gasteiger partial charge in [-0.1, -0.05) is 18.2 Å². The number of aryl methyl sites for hydroxylation is 1. The third-order valence-electron chi connectivity index (χ3n) is 4.84. The van der Waals surface area contributed by atoms with Crippen molar-refractivity contribution in [2.45, 2.75) is 13.2 Å². The molecule has 3 aromatic carbocycles. The summed E-state index contributed by atoms with van der Waals surface area (Å²) in [7, 11) is 0. The van der Waals surface area contributed by atoms with Crippen LogP contribution in [0.25, 0.3) is 10.8 Å². The van der Waals surface area contributed by atoms with Crippen LogP contribution in [-0.2, 0) is 9.47 Å². The number of ether oxygens (including phenoxy) is 3. The quantitative estimate of drug-likeness (QED) is 0.621. The van der Waals surface area contributed by atoms with E-state index in [4.69, 9.17) is 19.5 Å². The maximum Gasteiger partial charge on any atom is 0.190 e. The highest BCUT2D eigenvalue weighted by molar-refractivity contribution is 5.84. The number of nitriles is 1. The minimum Gasteiger partial charge on any atom is -0.487 e. The van der Waals surface area contributed by atoms with Gasteiger partial charge in [0.25, 0.3) is 0 Å². The fourth-order valence-corrected chi connectivity index (χ4v) is 3.34. The molecule has 0 radical (unpaired) electrons. The van der Waals surface area contributed by atoms with Gasteiger partial charge in [0.05, 0.1) is 31.5 Å². The van der Waals surface area contributed by atoms with E-state index in [2.05, 4.69) is 6.07 Å². The van der Waals surface area contributed by atoms with E-state index in [1.165, 1.54) is 12.1 Å².